The first-order valence-electron chi connectivity index (χ1n) is 10.4. The topological polar surface area (TPSA) is 46.8 Å². The Labute approximate surface area is 166 Å². The van der Waals surface area contributed by atoms with E-state index < -0.39 is 0 Å². The van der Waals surface area contributed by atoms with E-state index in [4.69, 9.17) is 4.98 Å². The first kappa shape index (κ1) is 17.6. The van der Waals surface area contributed by atoms with Gasteiger partial charge in [-0.05, 0) is 50.8 Å². The lowest BCUT2D eigenvalue weighted by molar-refractivity contribution is 0.140. The second kappa shape index (κ2) is 7.47. The summed E-state index contributed by atoms with van der Waals surface area (Å²) in [6, 6.07) is 10.4. The lowest BCUT2D eigenvalue weighted by atomic mass is 9.77. The molecule has 28 heavy (non-hydrogen) atoms. The normalized spacial score (nSPS) is 21.9. The van der Waals surface area contributed by atoms with Crippen LogP contribution in [0.3, 0.4) is 0 Å². The van der Waals surface area contributed by atoms with Crippen molar-refractivity contribution in [3.63, 3.8) is 0 Å². The van der Waals surface area contributed by atoms with Crippen LogP contribution in [-0.4, -0.2) is 44.1 Å². The third-order valence-electron chi connectivity index (χ3n) is 6.38. The molecule has 0 amide bonds. The van der Waals surface area contributed by atoms with E-state index >= 15 is 0 Å². The summed E-state index contributed by atoms with van der Waals surface area (Å²) in [6.07, 6.45) is 13.9. The maximum Gasteiger partial charge on any atom is 0.159 e. The summed E-state index contributed by atoms with van der Waals surface area (Å²) < 4.78 is 2.17. The molecule has 1 aliphatic carbocycles. The molecule has 2 aliphatic rings. The van der Waals surface area contributed by atoms with Crippen LogP contribution < -0.4 is 0 Å². The second-order valence-corrected chi connectivity index (χ2v) is 8.25. The molecule has 5 rings (SSSR count). The van der Waals surface area contributed by atoms with Crippen LogP contribution in [0.2, 0.25) is 0 Å². The summed E-state index contributed by atoms with van der Waals surface area (Å²) in [5.74, 6) is 0.873. The Hall–Kier alpha value is -2.53. The van der Waals surface area contributed by atoms with E-state index in [-0.39, 0.29) is 5.41 Å². The molecule has 3 aromatic rings. The average molecular weight is 374 g/mol. The van der Waals surface area contributed by atoms with E-state index in [1.165, 1.54) is 43.5 Å². The third kappa shape index (κ3) is 3.35. The molecule has 1 spiro atoms. The van der Waals surface area contributed by atoms with Gasteiger partial charge in [0.25, 0.3) is 0 Å². The molecule has 5 heteroatoms. The summed E-state index contributed by atoms with van der Waals surface area (Å²) in [5.41, 5.74) is 4.01. The maximum atomic E-state index is 5.11. The van der Waals surface area contributed by atoms with Gasteiger partial charge in [0.05, 0.1) is 12.0 Å². The number of aromatic nitrogens is 4. The molecule has 1 atom stereocenters. The monoisotopic (exact) mass is 373 g/mol. The van der Waals surface area contributed by atoms with Gasteiger partial charge in [0.15, 0.2) is 5.82 Å². The minimum Gasteiger partial charge on any atom is -0.337 e. The van der Waals surface area contributed by atoms with Crippen molar-refractivity contribution in [1.29, 1.82) is 0 Å². The van der Waals surface area contributed by atoms with Gasteiger partial charge in [0.1, 0.15) is 0 Å². The van der Waals surface area contributed by atoms with Crippen LogP contribution in [0, 0.1) is 0 Å². The largest absolute Gasteiger partial charge is 0.337 e. The number of nitrogens with zero attached hydrogens (tertiary/aromatic N) is 5. The van der Waals surface area contributed by atoms with Crippen molar-refractivity contribution in [3.8, 4) is 11.4 Å². The van der Waals surface area contributed by atoms with Crippen molar-refractivity contribution in [2.45, 2.75) is 44.1 Å². The molecule has 1 unspecified atom stereocenters. The van der Waals surface area contributed by atoms with E-state index in [2.05, 4.69) is 49.9 Å². The van der Waals surface area contributed by atoms with Crippen LogP contribution in [0.25, 0.3) is 11.4 Å². The molecule has 144 valence electrons. The number of rotatable bonds is 5. The van der Waals surface area contributed by atoms with E-state index in [0.717, 1.165) is 37.4 Å². The van der Waals surface area contributed by atoms with E-state index in [9.17, 15) is 0 Å². The van der Waals surface area contributed by atoms with Gasteiger partial charge in [0, 0.05) is 42.7 Å². The van der Waals surface area contributed by atoms with Crippen LogP contribution >= 0.6 is 0 Å². The van der Waals surface area contributed by atoms with Gasteiger partial charge in [-0.1, -0.05) is 30.3 Å². The Morgan fingerprint density at radius 2 is 2.00 bits per heavy atom. The number of hydrogen-bond donors (Lipinski definition) is 0. The fourth-order valence-electron chi connectivity index (χ4n) is 4.98. The predicted molar refractivity (Wildman–Crippen MR) is 110 cm³/mol. The molecule has 0 bridgehead atoms. The van der Waals surface area contributed by atoms with Crippen molar-refractivity contribution in [1.82, 2.24) is 24.4 Å². The van der Waals surface area contributed by atoms with Crippen molar-refractivity contribution in [3.05, 3.63) is 66.5 Å². The highest BCUT2D eigenvalue weighted by Gasteiger charge is 2.43. The molecule has 0 N–H and O–H groups in total. The van der Waals surface area contributed by atoms with Crippen LogP contribution in [-0.2, 0) is 18.4 Å². The summed E-state index contributed by atoms with van der Waals surface area (Å²) in [4.78, 5) is 16.6. The van der Waals surface area contributed by atoms with Crippen LogP contribution in [0.5, 0.6) is 0 Å². The highest BCUT2D eigenvalue weighted by molar-refractivity contribution is 5.55. The average Bonchev–Trinajstić information content (AvgIpc) is 3.38. The SMILES string of the molecule is c1ccc(-c2ncc3c(n2)C2(CCCN(CCCn4ccnc4)C2)CC3)cc1. The van der Waals surface area contributed by atoms with E-state index in [1.54, 1.807) is 0 Å². The smallest absolute Gasteiger partial charge is 0.159 e. The lowest BCUT2D eigenvalue weighted by Gasteiger charge is -2.40. The molecule has 1 saturated heterocycles. The summed E-state index contributed by atoms with van der Waals surface area (Å²) >= 11 is 0. The molecule has 0 saturated carbocycles. The first-order valence-corrected chi connectivity index (χ1v) is 10.4. The molecule has 0 radical (unpaired) electrons. The Balaban J connectivity index is 1.33. The minimum atomic E-state index is 0.217. The van der Waals surface area contributed by atoms with Gasteiger partial charge < -0.3 is 9.47 Å². The Bertz CT molecular complexity index is 917. The Morgan fingerprint density at radius 1 is 1.07 bits per heavy atom. The van der Waals surface area contributed by atoms with Crippen molar-refractivity contribution in [2.24, 2.45) is 0 Å². The zero-order valence-electron chi connectivity index (χ0n) is 16.3. The highest BCUT2D eigenvalue weighted by atomic mass is 15.1. The van der Waals surface area contributed by atoms with Crippen LogP contribution in [0.15, 0.2) is 55.2 Å². The minimum absolute atomic E-state index is 0.217. The quantitative estimate of drug-likeness (QED) is 0.684. The summed E-state index contributed by atoms with van der Waals surface area (Å²) in [5, 5.41) is 0. The lowest BCUT2D eigenvalue weighted by Crippen LogP contribution is -2.45. The number of piperidine rings is 1. The number of aryl methyl sites for hydroxylation is 2. The van der Waals surface area contributed by atoms with Crippen molar-refractivity contribution >= 4 is 0 Å². The first-order chi connectivity index (χ1) is 13.8. The molecule has 2 aromatic heterocycles. The highest BCUT2D eigenvalue weighted by Crippen LogP contribution is 2.44. The fourth-order valence-corrected chi connectivity index (χ4v) is 4.98. The van der Waals surface area contributed by atoms with Gasteiger partial charge in [-0.2, -0.15) is 0 Å². The molecule has 5 nitrogen and oxygen atoms in total. The second-order valence-electron chi connectivity index (χ2n) is 8.25. The van der Waals surface area contributed by atoms with Gasteiger partial charge in [-0.25, -0.2) is 15.0 Å². The fraction of sp³-hybridized carbons (Fsp3) is 0.435. The Kier molecular flexibility index (Phi) is 4.69. The molecular formula is C23H27N5. The van der Waals surface area contributed by atoms with Gasteiger partial charge in [-0.15, -0.1) is 0 Å². The van der Waals surface area contributed by atoms with E-state index in [1.807, 2.05) is 24.8 Å². The molecular weight excluding hydrogens is 346 g/mol. The summed E-state index contributed by atoms with van der Waals surface area (Å²) in [7, 11) is 0. The molecule has 1 aliphatic heterocycles. The van der Waals surface area contributed by atoms with Gasteiger partial charge in [0.2, 0.25) is 0 Å². The molecule has 1 aromatic carbocycles. The Morgan fingerprint density at radius 3 is 2.86 bits per heavy atom. The standard InChI is InChI=1S/C23H27N5/c1-2-6-19(7-3-1)22-25-16-20-8-10-23(21(20)26-22)9-4-12-27(17-23)13-5-14-28-15-11-24-18-28/h1-3,6-7,11,15-16,18H,4-5,8-10,12-14,17H2. The third-order valence-corrected chi connectivity index (χ3v) is 6.38. The number of imidazole rings is 1. The molecule has 1 fully saturated rings. The van der Waals surface area contributed by atoms with Gasteiger partial charge in [-0.3, -0.25) is 0 Å². The number of hydrogen-bond acceptors (Lipinski definition) is 4. The van der Waals surface area contributed by atoms with Crippen LogP contribution in [0.4, 0.5) is 0 Å². The zero-order chi connectivity index (χ0) is 18.8. The van der Waals surface area contributed by atoms with Crippen LogP contribution in [0.1, 0.15) is 36.9 Å². The number of fused-ring (bicyclic) bond motifs is 2. The number of likely N-dealkylation sites (tertiary alicyclic amines) is 1. The maximum absolute atomic E-state index is 5.11. The summed E-state index contributed by atoms with van der Waals surface area (Å²) in [6.45, 7) is 4.53. The van der Waals surface area contributed by atoms with Crippen molar-refractivity contribution in [2.75, 3.05) is 19.6 Å². The molecule has 3 heterocycles. The zero-order valence-corrected chi connectivity index (χ0v) is 16.3. The van der Waals surface area contributed by atoms with E-state index in [0.29, 0.717) is 0 Å². The van der Waals surface area contributed by atoms with Crippen molar-refractivity contribution < 1.29 is 0 Å². The predicted octanol–water partition coefficient (Wildman–Crippen LogP) is 3.71. The number of benzene rings is 1. The van der Waals surface area contributed by atoms with Gasteiger partial charge >= 0.3 is 0 Å².